The highest BCUT2D eigenvalue weighted by molar-refractivity contribution is 9.10. The fourth-order valence-corrected chi connectivity index (χ4v) is 2.51. The maximum absolute atomic E-state index is 11.8. The summed E-state index contributed by atoms with van der Waals surface area (Å²) in [5.41, 5.74) is 0.993. The fourth-order valence-electron chi connectivity index (χ4n) is 1.96. The molecule has 5 nitrogen and oxygen atoms in total. The van der Waals surface area contributed by atoms with Gasteiger partial charge < -0.3 is 14.5 Å². The molecule has 1 N–H and O–H groups in total. The highest BCUT2D eigenvalue weighted by atomic mass is 79.9. The lowest BCUT2D eigenvalue weighted by atomic mass is 10.1. The highest BCUT2D eigenvalue weighted by Crippen LogP contribution is 2.34. The summed E-state index contributed by atoms with van der Waals surface area (Å²) in [6.45, 7) is 2.59. The second-order valence-electron chi connectivity index (χ2n) is 4.56. The van der Waals surface area contributed by atoms with Gasteiger partial charge >= 0.3 is 0 Å². The first-order valence-corrected chi connectivity index (χ1v) is 7.54. The molecule has 0 amide bonds. The van der Waals surface area contributed by atoms with Crippen molar-refractivity contribution in [1.82, 2.24) is 4.98 Å². The van der Waals surface area contributed by atoms with Crippen LogP contribution in [0, 0.1) is 11.3 Å². The molecule has 2 aromatic rings. The summed E-state index contributed by atoms with van der Waals surface area (Å²) in [6, 6.07) is 8.76. The summed E-state index contributed by atoms with van der Waals surface area (Å²) in [7, 11) is 1.58. The largest absolute Gasteiger partial charge is 0.493 e. The maximum Gasteiger partial charge on any atom is 0.266 e. The Hall–Kier alpha value is -2.26. The van der Waals surface area contributed by atoms with Crippen molar-refractivity contribution in [3.05, 3.63) is 44.7 Å². The third kappa shape index (κ3) is 3.31. The number of rotatable bonds is 5. The van der Waals surface area contributed by atoms with E-state index in [9.17, 15) is 4.79 Å². The minimum Gasteiger partial charge on any atom is -0.493 e. The number of nitrogens with one attached hydrogen (secondary N) is 1. The molecule has 0 unspecified atom stereocenters. The van der Waals surface area contributed by atoms with E-state index in [1.807, 2.05) is 19.1 Å². The van der Waals surface area contributed by atoms with Crippen LogP contribution in [-0.2, 0) is 0 Å². The summed E-state index contributed by atoms with van der Waals surface area (Å²) in [5.74, 6) is 1.24. The SMILES string of the molecule is CCCOc1cc(-c2[nH]c(=O)c(C#N)cc2Br)ccc1OC. The first-order chi connectivity index (χ1) is 10.6. The van der Waals surface area contributed by atoms with E-state index in [4.69, 9.17) is 14.7 Å². The minimum absolute atomic E-state index is 0.0617. The van der Waals surface area contributed by atoms with Gasteiger partial charge in [-0.05, 0) is 46.6 Å². The van der Waals surface area contributed by atoms with Crippen molar-refractivity contribution in [2.75, 3.05) is 13.7 Å². The topological polar surface area (TPSA) is 75.1 Å². The molecule has 0 saturated heterocycles. The lowest BCUT2D eigenvalue weighted by molar-refractivity contribution is 0.294. The van der Waals surface area contributed by atoms with E-state index in [0.29, 0.717) is 28.3 Å². The standard InChI is InChI=1S/C16H15BrN2O3/c1-3-6-22-14-8-10(4-5-13(14)21-2)15-12(17)7-11(9-18)16(20)19-15/h4-5,7-8H,3,6H2,1-2H3,(H,19,20). The Labute approximate surface area is 136 Å². The van der Waals surface area contributed by atoms with Crippen LogP contribution in [-0.4, -0.2) is 18.7 Å². The quantitative estimate of drug-likeness (QED) is 0.883. The number of ether oxygens (including phenoxy) is 2. The molecule has 0 aliphatic heterocycles. The Bertz CT molecular complexity index is 778. The predicted octanol–water partition coefficient (Wildman–Crippen LogP) is 3.47. The average molecular weight is 363 g/mol. The van der Waals surface area contributed by atoms with E-state index < -0.39 is 5.56 Å². The number of hydrogen-bond acceptors (Lipinski definition) is 4. The molecule has 114 valence electrons. The van der Waals surface area contributed by atoms with Gasteiger partial charge in [0, 0.05) is 10.0 Å². The number of H-pyrrole nitrogens is 1. The summed E-state index contributed by atoms with van der Waals surface area (Å²) in [6.07, 6.45) is 0.880. The third-order valence-electron chi connectivity index (χ3n) is 3.03. The lowest BCUT2D eigenvalue weighted by Gasteiger charge is -2.12. The molecule has 0 aliphatic carbocycles. The van der Waals surface area contributed by atoms with Crippen LogP contribution < -0.4 is 15.0 Å². The van der Waals surface area contributed by atoms with Crippen molar-refractivity contribution < 1.29 is 9.47 Å². The Kier molecular flexibility index (Phi) is 5.23. The van der Waals surface area contributed by atoms with Gasteiger partial charge in [0.2, 0.25) is 0 Å². The molecule has 22 heavy (non-hydrogen) atoms. The van der Waals surface area contributed by atoms with Crippen LogP contribution in [0.25, 0.3) is 11.3 Å². The van der Waals surface area contributed by atoms with Gasteiger partial charge in [-0.3, -0.25) is 4.79 Å². The van der Waals surface area contributed by atoms with E-state index in [0.717, 1.165) is 12.0 Å². The predicted molar refractivity (Wildman–Crippen MR) is 87.3 cm³/mol. The first kappa shape index (κ1) is 16.1. The fraction of sp³-hybridized carbons (Fsp3) is 0.250. The van der Waals surface area contributed by atoms with Crippen LogP contribution in [0.4, 0.5) is 0 Å². The van der Waals surface area contributed by atoms with Crippen LogP contribution in [0.1, 0.15) is 18.9 Å². The Morgan fingerprint density at radius 3 is 2.73 bits per heavy atom. The Balaban J connectivity index is 2.51. The van der Waals surface area contributed by atoms with Crippen LogP contribution in [0.3, 0.4) is 0 Å². The van der Waals surface area contributed by atoms with Gasteiger partial charge in [-0.15, -0.1) is 0 Å². The molecule has 0 saturated carbocycles. The lowest BCUT2D eigenvalue weighted by Crippen LogP contribution is -2.11. The first-order valence-electron chi connectivity index (χ1n) is 6.74. The molecule has 0 fully saturated rings. The van der Waals surface area contributed by atoms with Crippen molar-refractivity contribution in [2.24, 2.45) is 0 Å². The van der Waals surface area contributed by atoms with Gasteiger partial charge in [-0.1, -0.05) is 6.92 Å². The Morgan fingerprint density at radius 1 is 1.32 bits per heavy atom. The normalized spacial score (nSPS) is 10.1. The van der Waals surface area contributed by atoms with Gasteiger partial charge in [-0.25, -0.2) is 0 Å². The molecule has 0 atom stereocenters. The molecular formula is C16H15BrN2O3. The molecule has 0 aliphatic rings. The minimum atomic E-state index is -0.424. The number of aromatic nitrogens is 1. The molecule has 0 radical (unpaired) electrons. The number of methoxy groups -OCH3 is 1. The van der Waals surface area contributed by atoms with Crippen LogP contribution >= 0.6 is 15.9 Å². The van der Waals surface area contributed by atoms with E-state index in [1.54, 1.807) is 19.2 Å². The molecule has 6 heteroatoms. The zero-order valence-corrected chi connectivity index (χ0v) is 13.9. The van der Waals surface area contributed by atoms with Crippen molar-refractivity contribution >= 4 is 15.9 Å². The van der Waals surface area contributed by atoms with Crippen LogP contribution in [0.2, 0.25) is 0 Å². The van der Waals surface area contributed by atoms with Gasteiger partial charge in [0.15, 0.2) is 11.5 Å². The van der Waals surface area contributed by atoms with Gasteiger partial charge in [-0.2, -0.15) is 5.26 Å². The van der Waals surface area contributed by atoms with Crippen molar-refractivity contribution in [2.45, 2.75) is 13.3 Å². The van der Waals surface area contributed by atoms with Crippen molar-refractivity contribution in [3.8, 4) is 28.8 Å². The zero-order valence-electron chi connectivity index (χ0n) is 12.3. The average Bonchev–Trinajstić information content (AvgIpc) is 2.54. The molecule has 1 aromatic heterocycles. The molecule has 1 heterocycles. The number of halogens is 1. The third-order valence-corrected chi connectivity index (χ3v) is 3.65. The van der Waals surface area contributed by atoms with E-state index in [1.165, 1.54) is 6.07 Å². The van der Waals surface area contributed by atoms with E-state index >= 15 is 0 Å². The van der Waals surface area contributed by atoms with E-state index in [2.05, 4.69) is 20.9 Å². The molecule has 0 spiro atoms. The molecule has 2 rings (SSSR count). The van der Waals surface area contributed by atoms with Crippen molar-refractivity contribution in [3.63, 3.8) is 0 Å². The second kappa shape index (κ2) is 7.14. The Morgan fingerprint density at radius 2 is 2.09 bits per heavy atom. The number of benzene rings is 1. The number of pyridine rings is 1. The monoisotopic (exact) mass is 362 g/mol. The van der Waals surface area contributed by atoms with Crippen molar-refractivity contribution in [1.29, 1.82) is 5.26 Å². The summed E-state index contributed by atoms with van der Waals surface area (Å²) in [4.78, 5) is 14.5. The van der Waals surface area contributed by atoms with Crippen LogP contribution in [0.15, 0.2) is 33.5 Å². The van der Waals surface area contributed by atoms with Crippen LogP contribution in [0.5, 0.6) is 11.5 Å². The summed E-state index contributed by atoms with van der Waals surface area (Å²) < 4.78 is 11.6. The summed E-state index contributed by atoms with van der Waals surface area (Å²) >= 11 is 3.38. The van der Waals surface area contributed by atoms with E-state index in [-0.39, 0.29) is 5.56 Å². The number of nitriles is 1. The smallest absolute Gasteiger partial charge is 0.266 e. The zero-order chi connectivity index (χ0) is 16.1. The second-order valence-corrected chi connectivity index (χ2v) is 5.42. The number of nitrogens with zero attached hydrogens (tertiary/aromatic N) is 1. The summed E-state index contributed by atoms with van der Waals surface area (Å²) in [5, 5.41) is 8.89. The molecular weight excluding hydrogens is 348 g/mol. The highest BCUT2D eigenvalue weighted by Gasteiger charge is 2.12. The molecule has 1 aromatic carbocycles. The van der Waals surface area contributed by atoms with Gasteiger partial charge in [0.25, 0.3) is 5.56 Å². The number of hydrogen-bond donors (Lipinski definition) is 1. The van der Waals surface area contributed by atoms with Gasteiger partial charge in [0.05, 0.1) is 19.4 Å². The van der Waals surface area contributed by atoms with Gasteiger partial charge in [0.1, 0.15) is 11.6 Å². The number of aromatic amines is 1. The molecule has 0 bridgehead atoms. The maximum atomic E-state index is 11.8.